The predicted octanol–water partition coefficient (Wildman–Crippen LogP) is 5.83. The zero-order valence-electron chi connectivity index (χ0n) is 29.9. The Morgan fingerprint density at radius 3 is 2.43 bits per heavy atom. The maximum atomic E-state index is 13.1. The Bertz CT molecular complexity index is 1960. The van der Waals surface area contributed by atoms with Crippen molar-refractivity contribution in [2.75, 3.05) is 50.8 Å². The Kier molecular flexibility index (Phi) is 10.0. The molecule has 4 aliphatic rings. The molecule has 2 saturated heterocycles. The van der Waals surface area contributed by atoms with Gasteiger partial charge in [0.15, 0.2) is 0 Å². The molecule has 1 unspecified atom stereocenters. The number of carbonyl (C=O) groups is 3. The molecule has 2 fully saturated rings. The summed E-state index contributed by atoms with van der Waals surface area (Å²) < 4.78 is 12.3. The summed E-state index contributed by atoms with van der Waals surface area (Å²) in [6.45, 7) is 6.53. The highest BCUT2D eigenvalue weighted by atomic mass is 16.5. The van der Waals surface area contributed by atoms with Crippen LogP contribution in [-0.4, -0.2) is 84.6 Å². The van der Waals surface area contributed by atoms with Crippen molar-refractivity contribution in [1.29, 1.82) is 0 Å². The molecule has 0 spiro atoms. The smallest absolute Gasteiger partial charge is 0.255 e. The minimum atomic E-state index is -0.592. The molecule has 274 valence electrons. The van der Waals surface area contributed by atoms with Crippen molar-refractivity contribution >= 4 is 23.4 Å². The molecule has 4 aliphatic heterocycles. The number of aromatic hydroxyl groups is 1. The number of piperidine rings is 1. The number of fused-ring (bicyclic) bond motifs is 2. The highest BCUT2D eigenvalue weighted by molar-refractivity contribution is 6.05. The molecule has 3 amide bonds. The van der Waals surface area contributed by atoms with Crippen molar-refractivity contribution in [2.45, 2.75) is 56.5 Å². The van der Waals surface area contributed by atoms with Crippen LogP contribution >= 0.6 is 0 Å². The maximum absolute atomic E-state index is 13.1. The van der Waals surface area contributed by atoms with Gasteiger partial charge in [-0.2, -0.15) is 0 Å². The Labute approximate surface area is 310 Å². The molecule has 0 saturated carbocycles. The zero-order valence-corrected chi connectivity index (χ0v) is 29.9. The van der Waals surface area contributed by atoms with E-state index in [1.807, 2.05) is 24.3 Å². The Morgan fingerprint density at radius 2 is 1.64 bits per heavy atom. The van der Waals surface area contributed by atoms with E-state index in [9.17, 15) is 19.5 Å². The first-order chi connectivity index (χ1) is 25.9. The van der Waals surface area contributed by atoms with Crippen molar-refractivity contribution in [3.63, 3.8) is 0 Å². The molecule has 0 radical (unpaired) electrons. The van der Waals surface area contributed by atoms with Crippen LogP contribution in [0, 0.1) is 0 Å². The standard InChI is InChI=1S/C43H46N4O6/c48-33-12-16-36-39(26-33)53-28-37(29-7-3-1-4-8-29)41(36)30-9-13-34(14-10-30)52-24-6-2-5-19-45-20-22-46(23-21-45)32-11-15-35-31(25-32)27-47(43(35)51)38-17-18-40(49)44-42(38)50/h1,3-4,7-16,25-26,37-38,41,48H,2,5-6,17-24,27-28H2,(H,44,49,50)/t37-,38?,41-/m0/s1. The number of amides is 3. The summed E-state index contributed by atoms with van der Waals surface area (Å²) in [6.07, 6.45) is 3.85. The van der Waals surface area contributed by atoms with Gasteiger partial charge in [0.2, 0.25) is 11.8 Å². The van der Waals surface area contributed by atoms with E-state index in [1.54, 1.807) is 17.0 Å². The number of phenols is 1. The monoisotopic (exact) mass is 714 g/mol. The quantitative estimate of drug-likeness (QED) is 0.148. The zero-order chi connectivity index (χ0) is 36.3. The van der Waals surface area contributed by atoms with Gasteiger partial charge in [-0.05, 0) is 85.3 Å². The van der Waals surface area contributed by atoms with Gasteiger partial charge in [0, 0.05) is 73.9 Å². The van der Waals surface area contributed by atoms with Crippen LogP contribution in [0.5, 0.6) is 17.2 Å². The lowest BCUT2D eigenvalue weighted by atomic mass is 9.76. The van der Waals surface area contributed by atoms with E-state index >= 15 is 0 Å². The second-order valence-electron chi connectivity index (χ2n) is 14.6. The number of benzene rings is 4. The third-order valence-electron chi connectivity index (χ3n) is 11.3. The second-order valence-corrected chi connectivity index (χ2v) is 14.6. The summed E-state index contributed by atoms with van der Waals surface area (Å²) in [6, 6.07) is 29.8. The minimum absolute atomic E-state index is 0.106. The van der Waals surface area contributed by atoms with E-state index in [1.165, 1.54) is 11.1 Å². The van der Waals surface area contributed by atoms with E-state index in [2.05, 4.69) is 69.7 Å². The van der Waals surface area contributed by atoms with Crippen LogP contribution in [0.1, 0.15) is 76.6 Å². The lowest BCUT2D eigenvalue weighted by molar-refractivity contribution is -0.136. The van der Waals surface area contributed by atoms with E-state index in [4.69, 9.17) is 9.47 Å². The molecule has 4 heterocycles. The average Bonchev–Trinajstić information content (AvgIpc) is 3.51. The summed E-state index contributed by atoms with van der Waals surface area (Å²) in [5, 5.41) is 12.4. The van der Waals surface area contributed by atoms with Gasteiger partial charge in [0.05, 0.1) is 13.2 Å². The average molecular weight is 715 g/mol. The summed E-state index contributed by atoms with van der Waals surface area (Å²) in [7, 11) is 0. The molecular formula is C43H46N4O6. The lowest BCUT2D eigenvalue weighted by Crippen LogP contribution is -2.52. The highest BCUT2D eigenvalue weighted by Gasteiger charge is 2.39. The first kappa shape index (κ1) is 34.7. The maximum Gasteiger partial charge on any atom is 0.255 e. The second kappa shape index (κ2) is 15.3. The molecule has 53 heavy (non-hydrogen) atoms. The molecule has 10 nitrogen and oxygen atoms in total. The van der Waals surface area contributed by atoms with Crippen LogP contribution < -0.4 is 19.7 Å². The van der Waals surface area contributed by atoms with Crippen LogP contribution in [0.15, 0.2) is 91.0 Å². The van der Waals surface area contributed by atoms with Crippen LogP contribution in [0.3, 0.4) is 0 Å². The van der Waals surface area contributed by atoms with Crippen LogP contribution in [-0.2, 0) is 16.1 Å². The number of nitrogens with zero attached hydrogens (tertiary/aromatic N) is 3. The molecule has 10 heteroatoms. The van der Waals surface area contributed by atoms with Crippen molar-refractivity contribution in [3.8, 4) is 17.2 Å². The number of ether oxygens (including phenoxy) is 2. The third-order valence-corrected chi connectivity index (χ3v) is 11.3. The SMILES string of the molecule is O=C1CCC(N2Cc3cc(N4CCN(CCCCCOc5ccc([C@H]6c7ccc(O)cc7OC[C@H]6c6ccccc6)cc5)CC4)ccc3C2=O)C(=O)N1. The highest BCUT2D eigenvalue weighted by Crippen LogP contribution is 2.47. The number of anilines is 1. The third kappa shape index (κ3) is 7.46. The Balaban J connectivity index is 0.774. The fourth-order valence-electron chi connectivity index (χ4n) is 8.36. The molecule has 0 aromatic heterocycles. The topological polar surface area (TPSA) is 112 Å². The van der Waals surface area contributed by atoms with Crippen molar-refractivity contribution in [2.24, 2.45) is 0 Å². The number of unbranched alkanes of at least 4 members (excludes halogenated alkanes) is 2. The van der Waals surface area contributed by atoms with Gasteiger partial charge in [-0.3, -0.25) is 24.6 Å². The summed E-state index contributed by atoms with van der Waals surface area (Å²) >= 11 is 0. The number of imide groups is 1. The number of piperazine rings is 1. The van der Waals surface area contributed by atoms with Gasteiger partial charge in [0.1, 0.15) is 23.3 Å². The molecule has 8 rings (SSSR count). The summed E-state index contributed by atoms with van der Waals surface area (Å²) in [5.74, 6) is 1.31. The van der Waals surface area contributed by atoms with Gasteiger partial charge in [-0.15, -0.1) is 0 Å². The Hall–Kier alpha value is -5.35. The predicted molar refractivity (Wildman–Crippen MR) is 202 cm³/mol. The number of hydrogen-bond acceptors (Lipinski definition) is 8. The van der Waals surface area contributed by atoms with Crippen molar-refractivity contribution < 1.29 is 29.0 Å². The van der Waals surface area contributed by atoms with Gasteiger partial charge >= 0.3 is 0 Å². The van der Waals surface area contributed by atoms with Crippen LogP contribution in [0.2, 0.25) is 0 Å². The first-order valence-electron chi connectivity index (χ1n) is 18.9. The number of rotatable bonds is 11. The molecular weight excluding hydrogens is 668 g/mol. The van der Waals surface area contributed by atoms with Crippen LogP contribution in [0.25, 0.3) is 0 Å². The van der Waals surface area contributed by atoms with E-state index in [-0.39, 0.29) is 41.7 Å². The van der Waals surface area contributed by atoms with E-state index in [0.717, 1.165) is 80.3 Å². The number of hydrogen-bond donors (Lipinski definition) is 2. The van der Waals surface area contributed by atoms with Gasteiger partial charge in [-0.1, -0.05) is 48.5 Å². The molecule has 4 aromatic rings. The fourth-order valence-corrected chi connectivity index (χ4v) is 8.36. The van der Waals surface area contributed by atoms with Crippen LogP contribution in [0.4, 0.5) is 5.69 Å². The number of nitrogens with one attached hydrogen (secondary N) is 1. The summed E-state index contributed by atoms with van der Waals surface area (Å²) in [4.78, 5) is 43.6. The molecule has 0 bridgehead atoms. The van der Waals surface area contributed by atoms with Gasteiger partial charge in [-0.25, -0.2) is 0 Å². The molecule has 2 N–H and O–H groups in total. The number of carbonyl (C=O) groups excluding carboxylic acids is 3. The molecule has 3 atom stereocenters. The minimum Gasteiger partial charge on any atom is -0.508 e. The largest absolute Gasteiger partial charge is 0.508 e. The normalized spacial score (nSPS) is 21.5. The van der Waals surface area contributed by atoms with Crippen molar-refractivity contribution in [3.05, 3.63) is 119 Å². The van der Waals surface area contributed by atoms with Gasteiger partial charge < -0.3 is 24.4 Å². The molecule has 4 aromatic carbocycles. The lowest BCUT2D eigenvalue weighted by Gasteiger charge is -2.36. The first-order valence-corrected chi connectivity index (χ1v) is 18.9. The van der Waals surface area contributed by atoms with E-state index in [0.29, 0.717) is 31.7 Å². The molecule has 0 aliphatic carbocycles. The summed E-state index contributed by atoms with van der Waals surface area (Å²) in [5.41, 5.74) is 6.22. The van der Waals surface area contributed by atoms with Gasteiger partial charge in [0.25, 0.3) is 5.91 Å². The Morgan fingerprint density at radius 1 is 0.830 bits per heavy atom. The van der Waals surface area contributed by atoms with E-state index < -0.39 is 6.04 Å². The van der Waals surface area contributed by atoms with Crippen molar-refractivity contribution in [1.82, 2.24) is 15.1 Å². The fraction of sp³-hybridized carbons (Fsp3) is 0.372. The number of phenolic OH excluding ortho intramolecular Hbond substituents is 1.